The van der Waals surface area contributed by atoms with E-state index in [0.717, 1.165) is 0 Å². The average Bonchev–Trinajstić information content (AvgIpc) is 2.76. The molecule has 0 rings (SSSR count). The molecule has 0 unspecified atom stereocenters. The van der Waals surface area contributed by atoms with Gasteiger partial charge in [-0.05, 0) is 0 Å². The van der Waals surface area contributed by atoms with Crippen LogP contribution in [0.3, 0.4) is 0 Å². The third-order valence-electron chi connectivity index (χ3n) is 7.72. The van der Waals surface area contributed by atoms with Crippen molar-refractivity contribution in [2.45, 2.75) is 156 Å². The first-order valence-corrected chi connectivity index (χ1v) is 20.0. The van der Waals surface area contributed by atoms with Crippen molar-refractivity contribution in [3.8, 4) is 0 Å². The van der Waals surface area contributed by atoms with Gasteiger partial charge in [0, 0.05) is 0 Å². The van der Waals surface area contributed by atoms with Crippen molar-refractivity contribution in [3.63, 3.8) is 0 Å². The van der Waals surface area contributed by atoms with Gasteiger partial charge in [-0.15, -0.1) is 0 Å². The maximum absolute atomic E-state index is 3.04. The second-order valence-electron chi connectivity index (χ2n) is 10.3. The Morgan fingerprint density at radius 1 is 0.367 bits per heavy atom. The topological polar surface area (TPSA) is 0 Å². The second kappa shape index (κ2) is 20.7. The summed E-state index contributed by atoms with van der Waals surface area (Å²) in [6.07, 6.45) is 35.5. The summed E-state index contributed by atoms with van der Waals surface area (Å²) < 4.78 is -1.44. The molecule has 0 amide bonds. The van der Waals surface area contributed by atoms with Gasteiger partial charge in [0.15, 0.2) is 0 Å². The minimum absolute atomic E-state index is 1.37. The van der Waals surface area contributed by atoms with Crippen LogP contribution in [0.5, 0.6) is 0 Å². The third kappa shape index (κ3) is 16.7. The molecule has 0 aromatic carbocycles. The molecule has 0 saturated carbocycles. The van der Waals surface area contributed by atoms with E-state index in [1.165, 1.54) is 141 Å². The van der Waals surface area contributed by atoms with E-state index in [9.17, 15) is 0 Å². The Morgan fingerprint density at radius 2 is 0.600 bits per heavy atom. The SMILES string of the molecule is CCCCCCCCCCCCP(I)(CC)(CC)CCCCCCCCCCCC. The number of unbranched alkanes of at least 4 members (excludes halogenated alkanes) is 18. The van der Waals surface area contributed by atoms with Crippen molar-refractivity contribution in [2.24, 2.45) is 0 Å². The molecule has 0 aromatic heterocycles. The van der Waals surface area contributed by atoms with E-state index in [1.807, 2.05) is 0 Å². The summed E-state index contributed by atoms with van der Waals surface area (Å²) in [7, 11) is 0. The van der Waals surface area contributed by atoms with Crippen molar-refractivity contribution in [2.75, 3.05) is 24.6 Å². The van der Waals surface area contributed by atoms with Crippen LogP contribution in [0.2, 0.25) is 0 Å². The van der Waals surface area contributed by atoms with Crippen molar-refractivity contribution in [1.82, 2.24) is 0 Å². The molecule has 0 nitrogen and oxygen atoms in total. The zero-order valence-corrected chi connectivity index (χ0v) is 24.8. The molecule has 0 aliphatic carbocycles. The third-order valence-corrected chi connectivity index (χ3v) is 20.7. The van der Waals surface area contributed by atoms with Gasteiger partial charge in [0.1, 0.15) is 0 Å². The van der Waals surface area contributed by atoms with E-state index < -0.39 is 4.25 Å². The molecule has 0 bridgehead atoms. The fraction of sp³-hybridized carbons (Fsp3) is 1.00. The van der Waals surface area contributed by atoms with Crippen LogP contribution in [0.1, 0.15) is 156 Å². The van der Waals surface area contributed by atoms with Crippen LogP contribution in [0.4, 0.5) is 0 Å². The summed E-state index contributed by atoms with van der Waals surface area (Å²) in [4.78, 5) is 0. The standard InChI is InChI=1S/C28H60IP/c1-5-9-11-13-15-17-19-21-23-25-27-30(29,7-3,8-4)28-26-24-22-20-18-16-14-12-10-6-2/h5-28H2,1-4H3. The van der Waals surface area contributed by atoms with Crippen LogP contribution in [-0.2, 0) is 0 Å². The average molecular weight is 555 g/mol. The van der Waals surface area contributed by atoms with Gasteiger partial charge in [0.05, 0.1) is 0 Å². The van der Waals surface area contributed by atoms with Gasteiger partial charge in [0.2, 0.25) is 0 Å². The maximum atomic E-state index is 3.04. The number of halogens is 1. The van der Waals surface area contributed by atoms with Gasteiger partial charge < -0.3 is 0 Å². The summed E-state index contributed by atoms with van der Waals surface area (Å²) in [5.74, 6) is 0. The molecule has 0 spiro atoms. The van der Waals surface area contributed by atoms with Gasteiger partial charge in [-0.25, -0.2) is 0 Å². The summed E-state index contributed by atoms with van der Waals surface area (Å²) in [5, 5.41) is 0. The number of rotatable bonds is 24. The normalized spacial score (nSPS) is 13.4. The van der Waals surface area contributed by atoms with Gasteiger partial charge in [-0.2, -0.15) is 0 Å². The Kier molecular flexibility index (Phi) is 21.5. The van der Waals surface area contributed by atoms with Crippen LogP contribution in [0.15, 0.2) is 0 Å². The van der Waals surface area contributed by atoms with Gasteiger partial charge in [-0.1, -0.05) is 0 Å². The van der Waals surface area contributed by atoms with Gasteiger partial charge >= 0.3 is 207 Å². The van der Waals surface area contributed by atoms with Crippen LogP contribution in [-0.4, -0.2) is 24.6 Å². The molecule has 0 saturated heterocycles. The second-order valence-corrected chi connectivity index (χ2v) is 24.2. The Balaban J connectivity index is 3.84. The molecule has 0 aromatic rings. The Labute approximate surface area is 206 Å². The van der Waals surface area contributed by atoms with Crippen molar-refractivity contribution in [3.05, 3.63) is 0 Å². The minimum atomic E-state index is -1.44. The molecular weight excluding hydrogens is 494 g/mol. The first-order valence-electron chi connectivity index (χ1n) is 14.3. The zero-order chi connectivity index (χ0) is 22.4. The quantitative estimate of drug-likeness (QED) is 0.0632. The monoisotopic (exact) mass is 554 g/mol. The summed E-state index contributed by atoms with van der Waals surface area (Å²) >= 11 is 3.04. The first-order chi connectivity index (χ1) is 14.5. The summed E-state index contributed by atoms with van der Waals surface area (Å²) in [6.45, 7) is 9.65. The predicted octanol–water partition coefficient (Wildman–Crippen LogP) is 11.8. The Hall–Kier alpha value is 1.16. The predicted molar refractivity (Wildman–Crippen MR) is 155 cm³/mol. The van der Waals surface area contributed by atoms with Crippen molar-refractivity contribution < 1.29 is 0 Å². The van der Waals surface area contributed by atoms with Crippen LogP contribution in [0.25, 0.3) is 0 Å². The molecule has 0 heterocycles. The van der Waals surface area contributed by atoms with Gasteiger partial charge in [0.25, 0.3) is 0 Å². The molecular formula is C28H60IP. The van der Waals surface area contributed by atoms with Gasteiger partial charge in [-0.3, -0.25) is 0 Å². The first kappa shape index (κ1) is 31.2. The van der Waals surface area contributed by atoms with E-state index in [-0.39, 0.29) is 0 Å². The summed E-state index contributed by atoms with van der Waals surface area (Å²) in [5.41, 5.74) is 0. The van der Waals surface area contributed by atoms with E-state index in [1.54, 1.807) is 12.3 Å². The van der Waals surface area contributed by atoms with E-state index >= 15 is 0 Å². The van der Waals surface area contributed by atoms with E-state index in [0.29, 0.717) is 0 Å². The molecule has 0 radical (unpaired) electrons. The molecule has 2 heteroatoms. The number of hydrogen-bond donors (Lipinski definition) is 0. The molecule has 0 fully saturated rings. The van der Waals surface area contributed by atoms with Crippen LogP contribution in [0, 0.1) is 0 Å². The molecule has 0 aliphatic rings. The van der Waals surface area contributed by atoms with Crippen molar-refractivity contribution >= 4 is 26.3 Å². The number of hydrogen-bond acceptors (Lipinski definition) is 0. The molecule has 0 aliphatic heterocycles. The molecule has 0 atom stereocenters. The Morgan fingerprint density at radius 3 is 0.833 bits per heavy atom. The fourth-order valence-corrected chi connectivity index (χ4v) is 11.0. The molecule has 30 heavy (non-hydrogen) atoms. The van der Waals surface area contributed by atoms with E-state index in [2.05, 4.69) is 49.7 Å². The van der Waals surface area contributed by atoms with E-state index in [4.69, 9.17) is 0 Å². The van der Waals surface area contributed by atoms with Crippen LogP contribution >= 0.6 is 26.3 Å². The fourth-order valence-electron chi connectivity index (χ4n) is 4.96. The Bertz CT molecular complexity index is 323. The van der Waals surface area contributed by atoms with Crippen molar-refractivity contribution in [1.29, 1.82) is 0 Å². The molecule has 184 valence electrons. The van der Waals surface area contributed by atoms with Crippen LogP contribution < -0.4 is 0 Å². The summed E-state index contributed by atoms with van der Waals surface area (Å²) in [6, 6.07) is 0. The zero-order valence-electron chi connectivity index (χ0n) is 21.8. The molecule has 0 N–H and O–H groups in total.